The van der Waals surface area contributed by atoms with Crippen molar-refractivity contribution in [2.75, 3.05) is 33.4 Å². The molecule has 6 nitrogen and oxygen atoms in total. The Morgan fingerprint density at radius 3 is 2.64 bits per heavy atom. The van der Waals surface area contributed by atoms with Gasteiger partial charge in [0.05, 0.1) is 19.7 Å². The Morgan fingerprint density at radius 2 is 1.95 bits per heavy atom. The molecule has 0 aliphatic carbocycles. The lowest BCUT2D eigenvalue weighted by Crippen LogP contribution is -2.60. The number of rotatable bonds is 6. The second-order valence-corrected chi connectivity index (χ2v) is 7.62. The highest BCUT2D eigenvalue weighted by atomic mass is 32.2. The maximum atomic E-state index is 12.6. The van der Waals surface area contributed by atoms with E-state index in [1.165, 1.54) is 4.31 Å². The molecule has 2 heterocycles. The van der Waals surface area contributed by atoms with Crippen molar-refractivity contribution >= 4 is 10.2 Å². The van der Waals surface area contributed by atoms with Crippen LogP contribution in [0.25, 0.3) is 0 Å². The smallest absolute Gasteiger partial charge is 0.282 e. The molecule has 2 aliphatic heterocycles. The third-order valence-electron chi connectivity index (χ3n) is 4.17. The van der Waals surface area contributed by atoms with Gasteiger partial charge in [0.2, 0.25) is 0 Å². The second kappa shape index (κ2) is 6.54. The van der Waals surface area contributed by atoms with E-state index in [0.717, 1.165) is 18.6 Å². The fraction of sp³-hybridized carbons (Fsp3) is 0.600. The van der Waals surface area contributed by atoms with Crippen LogP contribution in [0.2, 0.25) is 0 Å². The van der Waals surface area contributed by atoms with Crippen LogP contribution in [0.15, 0.2) is 30.3 Å². The van der Waals surface area contributed by atoms with E-state index in [-0.39, 0.29) is 12.1 Å². The molecule has 0 bridgehead atoms. The van der Waals surface area contributed by atoms with Crippen molar-refractivity contribution < 1.29 is 17.9 Å². The van der Waals surface area contributed by atoms with Crippen molar-refractivity contribution in [1.29, 1.82) is 0 Å². The molecule has 0 amide bonds. The molecular weight excluding hydrogens is 304 g/mol. The van der Waals surface area contributed by atoms with Crippen LogP contribution in [-0.2, 0) is 14.9 Å². The Bertz CT molecular complexity index is 587. The molecule has 0 N–H and O–H groups in total. The van der Waals surface area contributed by atoms with Gasteiger partial charge in [0.1, 0.15) is 11.9 Å². The molecule has 1 aromatic carbocycles. The van der Waals surface area contributed by atoms with Crippen LogP contribution >= 0.6 is 0 Å². The van der Waals surface area contributed by atoms with E-state index in [1.807, 2.05) is 30.3 Å². The molecule has 0 spiro atoms. The average Bonchev–Trinajstić information content (AvgIpc) is 2.93. The number of hydrogen-bond acceptors (Lipinski definition) is 4. The minimum absolute atomic E-state index is 0.0379. The Balaban J connectivity index is 1.57. The molecule has 2 aliphatic rings. The van der Waals surface area contributed by atoms with E-state index in [4.69, 9.17) is 9.47 Å². The molecular formula is C15H22N2O4S. The Kier molecular flexibility index (Phi) is 4.67. The van der Waals surface area contributed by atoms with Crippen molar-refractivity contribution in [2.45, 2.75) is 25.0 Å². The zero-order valence-corrected chi connectivity index (χ0v) is 13.5. The summed E-state index contributed by atoms with van der Waals surface area (Å²) in [5.74, 6) is 0.781. The third-order valence-corrected chi connectivity index (χ3v) is 6.19. The van der Waals surface area contributed by atoms with Gasteiger partial charge in [-0.2, -0.15) is 17.0 Å². The molecule has 22 heavy (non-hydrogen) atoms. The lowest BCUT2D eigenvalue weighted by molar-refractivity contribution is 0.0683. The van der Waals surface area contributed by atoms with Gasteiger partial charge in [-0.3, -0.25) is 0 Å². The monoisotopic (exact) mass is 326 g/mol. The van der Waals surface area contributed by atoms with Gasteiger partial charge >= 0.3 is 0 Å². The summed E-state index contributed by atoms with van der Waals surface area (Å²) in [5, 5.41) is 0. The highest BCUT2D eigenvalue weighted by molar-refractivity contribution is 7.86. The fourth-order valence-electron chi connectivity index (χ4n) is 2.98. The molecule has 0 aromatic heterocycles. The molecule has 0 saturated carbocycles. The largest absolute Gasteiger partial charge is 0.488 e. The van der Waals surface area contributed by atoms with Gasteiger partial charge in [0.25, 0.3) is 10.2 Å². The molecule has 1 atom stereocenters. The zero-order valence-electron chi connectivity index (χ0n) is 12.7. The summed E-state index contributed by atoms with van der Waals surface area (Å²) in [5.41, 5.74) is 0. The van der Waals surface area contributed by atoms with Crippen molar-refractivity contribution in [3.8, 4) is 5.75 Å². The van der Waals surface area contributed by atoms with Crippen LogP contribution < -0.4 is 4.74 Å². The minimum atomic E-state index is -3.39. The first-order valence-electron chi connectivity index (χ1n) is 7.59. The van der Waals surface area contributed by atoms with E-state index >= 15 is 0 Å². The maximum absolute atomic E-state index is 12.6. The molecule has 2 saturated heterocycles. The van der Waals surface area contributed by atoms with Crippen molar-refractivity contribution in [3.63, 3.8) is 0 Å². The zero-order chi connectivity index (χ0) is 15.6. The number of hydrogen-bond donors (Lipinski definition) is 0. The number of para-hydroxylation sites is 1. The SMILES string of the molecule is COCC1CCCN1S(=O)(=O)N1CC(Oc2ccccc2)C1. The highest BCUT2D eigenvalue weighted by Gasteiger charge is 2.44. The van der Waals surface area contributed by atoms with E-state index in [0.29, 0.717) is 26.2 Å². The third kappa shape index (κ3) is 3.12. The first-order valence-corrected chi connectivity index (χ1v) is 8.98. The van der Waals surface area contributed by atoms with Gasteiger partial charge in [-0.05, 0) is 25.0 Å². The Morgan fingerprint density at radius 1 is 1.23 bits per heavy atom. The second-order valence-electron chi connectivity index (χ2n) is 5.74. The molecule has 7 heteroatoms. The fourth-order valence-corrected chi connectivity index (χ4v) is 4.88. The lowest BCUT2D eigenvalue weighted by atomic mass is 10.2. The van der Waals surface area contributed by atoms with Crippen LogP contribution in [0.3, 0.4) is 0 Å². The molecule has 2 fully saturated rings. The van der Waals surface area contributed by atoms with Gasteiger partial charge in [-0.1, -0.05) is 18.2 Å². The first-order chi connectivity index (χ1) is 10.6. The van der Waals surface area contributed by atoms with Crippen LogP contribution in [0, 0.1) is 0 Å². The van der Waals surface area contributed by atoms with Crippen molar-refractivity contribution in [2.24, 2.45) is 0 Å². The number of benzene rings is 1. The van der Waals surface area contributed by atoms with Crippen LogP contribution in [0.5, 0.6) is 5.75 Å². The summed E-state index contributed by atoms with van der Waals surface area (Å²) in [7, 11) is -1.78. The quantitative estimate of drug-likeness (QED) is 0.786. The van der Waals surface area contributed by atoms with Gasteiger partial charge in [0.15, 0.2) is 0 Å². The van der Waals surface area contributed by atoms with E-state index in [1.54, 1.807) is 11.4 Å². The predicted molar refractivity (Wildman–Crippen MR) is 83.0 cm³/mol. The molecule has 1 unspecified atom stereocenters. The predicted octanol–water partition coefficient (Wildman–Crippen LogP) is 1.11. The Labute approximate surface area is 131 Å². The molecule has 1 aromatic rings. The van der Waals surface area contributed by atoms with Gasteiger partial charge < -0.3 is 9.47 Å². The van der Waals surface area contributed by atoms with Crippen LogP contribution in [0.4, 0.5) is 0 Å². The average molecular weight is 326 g/mol. The minimum Gasteiger partial charge on any atom is -0.488 e. The topological polar surface area (TPSA) is 59.1 Å². The normalized spacial score (nSPS) is 24.3. The summed E-state index contributed by atoms with van der Waals surface area (Å²) >= 11 is 0. The summed E-state index contributed by atoms with van der Waals surface area (Å²) in [6, 6.07) is 9.46. The molecule has 0 radical (unpaired) electrons. The standard InChI is InChI=1S/C15H22N2O4S/c1-20-12-13-6-5-9-17(13)22(18,19)16-10-15(11-16)21-14-7-3-2-4-8-14/h2-4,7-8,13,15H,5-6,9-12H2,1H3. The number of methoxy groups -OCH3 is 1. The van der Waals surface area contributed by atoms with Gasteiger partial charge in [-0.25, -0.2) is 0 Å². The highest BCUT2D eigenvalue weighted by Crippen LogP contribution is 2.27. The van der Waals surface area contributed by atoms with Crippen LogP contribution in [-0.4, -0.2) is 62.5 Å². The van der Waals surface area contributed by atoms with E-state index in [2.05, 4.69) is 0 Å². The summed E-state index contributed by atoms with van der Waals surface area (Å²) < 4.78 is 39.2. The van der Waals surface area contributed by atoms with E-state index < -0.39 is 10.2 Å². The first kappa shape index (κ1) is 15.7. The lowest BCUT2D eigenvalue weighted by Gasteiger charge is -2.40. The number of nitrogens with zero attached hydrogens (tertiary/aromatic N) is 2. The van der Waals surface area contributed by atoms with E-state index in [9.17, 15) is 8.42 Å². The van der Waals surface area contributed by atoms with Gasteiger partial charge in [-0.15, -0.1) is 0 Å². The van der Waals surface area contributed by atoms with Crippen molar-refractivity contribution in [3.05, 3.63) is 30.3 Å². The Hall–Kier alpha value is -1.15. The molecule has 3 rings (SSSR count). The molecule has 122 valence electrons. The maximum Gasteiger partial charge on any atom is 0.282 e. The van der Waals surface area contributed by atoms with Crippen molar-refractivity contribution in [1.82, 2.24) is 8.61 Å². The summed E-state index contributed by atoms with van der Waals surface area (Å²) in [4.78, 5) is 0. The van der Waals surface area contributed by atoms with Gasteiger partial charge in [0, 0.05) is 19.7 Å². The van der Waals surface area contributed by atoms with Crippen LogP contribution in [0.1, 0.15) is 12.8 Å². The summed E-state index contributed by atoms with van der Waals surface area (Å²) in [6.45, 7) is 1.86. The number of ether oxygens (including phenoxy) is 2. The summed E-state index contributed by atoms with van der Waals surface area (Å²) in [6.07, 6.45) is 1.69.